The van der Waals surface area contributed by atoms with Crippen molar-refractivity contribution in [2.24, 2.45) is 0 Å². The molecule has 0 heterocycles. The second-order valence-corrected chi connectivity index (χ2v) is 16.5. The van der Waals surface area contributed by atoms with Crippen LogP contribution in [0.3, 0.4) is 0 Å². The number of hydrogen-bond acceptors (Lipinski definition) is 5. The zero-order chi connectivity index (χ0) is 39.6. The van der Waals surface area contributed by atoms with Gasteiger partial charge in [-0.1, -0.05) is 206 Å². The third-order valence-electron chi connectivity index (χ3n) is 11.1. The Morgan fingerprint density at radius 1 is 0.519 bits per heavy atom. The first-order valence-electron chi connectivity index (χ1n) is 23.9. The molecule has 0 fully saturated rings. The lowest BCUT2D eigenvalue weighted by atomic mass is 10.0. The predicted molar refractivity (Wildman–Crippen MR) is 232 cm³/mol. The largest absolute Gasteiger partial charge is 0.462 e. The van der Waals surface area contributed by atoms with Gasteiger partial charge in [-0.05, 0) is 51.4 Å². The number of unbranched alkanes of at least 4 members (excludes halogenated alkanes) is 29. The van der Waals surface area contributed by atoms with E-state index in [1.165, 1.54) is 161 Å². The molecule has 0 rings (SSSR count). The number of hydrogen-bond donors (Lipinski definition) is 3. The highest BCUT2D eigenvalue weighted by Gasteiger charge is 2.24. The molecule has 6 heteroatoms. The summed E-state index contributed by atoms with van der Waals surface area (Å²) < 4.78 is 5.90. The first kappa shape index (κ1) is 52.6. The summed E-state index contributed by atoms with van der Waals surface area (Å²) in [6, 6.07) is -0.695. The van der Waals surface area contributed by atoms with E-state index in [-0.39, 0.29) is 24.9 Å². The van der Waals surface area contributed by atoms with Gasteiger partial charge in [0.2, 0.25) is 5.91 Å². The van der Waals surface area contributed by atoms with Gasteiger partial charge in [-0.2, -0.15) is 0 Å². The van der Waals surface area contributed by atoms with E-state index >= 15 is 0 Å². The summed E-state index contributed by atoms with van der Waals surface area (Å²) in [4.78, 5) is 26.0. The van der Waals surface area contributed by atoms with Crippen LogP contribution in [0.5, 0.6) is 0 Å². The molecule has 0 aromatic carbocycles. The predicted octanol–water partition coefficient (Wildman–Crippen LogP) is 13.8. The summed E-state index contributed by atoms with van der Waals surface area (Å²) >= 11 is 0. The molecule has 1 amide bonds. The quantitative estimate of drug-likeness (QED) is 0.0326. The maximum Gasteiger partial charge on any atom is 0.306 e. The number of carbonyl (C=O) groups is 2. The lowest BCUT2D eigenvalue weighted by Crippen LogP contribution is -2.46. The molecule has 0 aromatic rings. The van der Waals surface area contributed by atoms with Crippen molar-refractivity contribution in [1.29, 1.82) is 0 Å². The summed E-state index contributed by atoms with van der Waals surface area (Å²) in [5.41, 5.74) is 0. The molecule has 3 unspecified atom stereocenters. The first-order valence-corrected chi connectivity index (χ1v) is 23.9. The molecule has 54 heavy (non-hydrogen) atoms. The monoisotopic (exact) mass is 764 g/mol. The van der Waals surface area contributed by atoms with Crippen LogP contribution in [0.25, 0.3) is 0 Å². The number of aliphatic hydroxyl groups excluding tert-OH is 2. The fraction of sp³-hybridized carbons (Fsp3) is 0.917. The lowest BCUT2D eigenvalue weighted by molar-refractivity contribution is -0.151. The fourth-order valence-corrected chi connectivity index (χ4v) is 7.43. The van der Waals surface area contributed by atoms with Gasteiger partial charge < -0.3 is 20.3 Å². The van der Waals surface area contributed by atoms with Crippen LogP contribution in [0.2, 0.25) is 0 Å². The SMILES string of the molecule is CCCCCCCC/C=C\CCCCCC(=O)OC(CCCCCCCCCCCCCC)CC(=O)NC(CO)C(O)CCCCCCCCCCCC. The smallest absolute Gasteiger partial charge is 0.306 e. The molecule has 0 saturated heterocycles. The van der Waals surface area contributed by atoms with Gasteiger partial charge in [0.05, 0.1) is 25.2 Å². The molecular formula is C48H93NO5. The van der Waals surface area contributed by atoms with Crippen LogP contribution in [0.1, 0.15) is 258 Å². The molecule has 3 N–H and O–H groups in total. The van der Waals surface area contributed by atoms with Gasteiger partial charge in [0.15, 0.2) is 0 Å². The molecule has 6 nitrogen and oxygen atoms in total. The second-order valence-electron chi connectivity index (χ2n) is 16.5. The summed E-state index contributed by atoms with van der Waals surface area (Å²) in [5, 5.41) is 23.6. The highest BCUT2D eigenvalue weighted by atomic mass is 16.5. The van der Waals surface area contributed by atoms with Crippen molar-refractivity contribution in [1.82, 2.24) is 5.32 Å². The third-order valence-corrected chi connectivity index (χ3v) is 11.1. The average Bonchev–Trinajstić information content (AvgIpc) is 3.16. The van der Waals surface area contributed by atoms with E-state index in [9.17, 15) is 19.8 Å². The van der Waals surface area contributed by atoms with E-state index in [1.54, 1.807) is 0 Å². The van der Waals surface area contributed by atoms with Gasteiger partial charge in [0, 0.05) is 6.42 Å². The normalized spacial score (nSPS) is 13.4. The molecule has 0 aromatic heterocycles. The molecule has 0 saturated carbocycles. The highest BCUT2D eigenvalue weighted by molar-refractivity contribution is 5.77. The molecule has 0 spiro atoms. The summed E-state index contributed by atoms with van der Waals surface area (Å²) in [7, 11) is 0. The number of aliphatic hydroxyl groups is 2. The van der Waals surface area contributed by atoms with Crippen LogP contribution < -0.4 is 5.32 Å². The van der Waals surface area contributed by atoms with E-state index in [0.29, 0.717) is 19.3 Å². The number of esters is 1. The molecular weight excluding hydrogens is 671 g/mol. The van der Waals surface area contributed by atoms with E-state index < -0.39 is 18.2 Å². The van der Waals surface area contributed by atoms with Crippen molar-refractivity contribution in [3.8, 4) is 0 Å². The van der Waals surface area contributed by atoms with E-state index in [2.05, 4.69) is 38.2 Å². The van der Waals surface area contributed by atoms with Crippen molar-refractivity contribution in [2.75, 3.05) is 6.61 Å². The summed E-state index contributed by atoms with van der Waals surface area (Å²) in [6.45, 7) is 6.46. The number of carbonyl (C=O) groups excluding carboxylic acids is 2. The molecule has 0 aliphatic rings. The van der Waals surface area contributed by atoms with Crippen LogP contribution in [-0.2, 0) is 14.3 Å². The van der Waals surface area contributed by atoms with Gasteiger partial charge in [-0.15, -0.1) is 0 Å². The first-order chi connectivity index (χ1) is 26.5. The second kappa shape index (κ2) is 42.7. The average molecular weight is 764 g/mol. The Morgan fingerprint density at radius 2 is 0.889 bits per heavy atom. The van der Waals surface area contributed by atoms with Crippen molar-refractivity contribution in [3.05, 3.63) is 12.2 Å². The summed E-state index contributed by atoms with van der Waals surface area (Å²) in [6.07, 6.45) is 45.5. The molecule has 3 atom stereocenters. The molecule has 320 valence electrons. The van der Waals surface area contributed by atoms with E-state index in [1.807, 2.05) is 0 Å². The Hall–Kier alpha value is -1.40. The van der Waals surface area contributed by atoms with Crippen LogP contribution in [0.15, 0.2) is 12.2 Å². The molecule has 0 radical (unpaired) electrons. The Morgan fingerprint density at radius 3 is 1.31 bits per heavy atom. The molecule has 0 bridgehead atoms. The minimum Gasteiger partial charge on any atom is -0.462 e. The number of amides is 1. The minimum atomic E-state index is -0.782. The zero-order valence-corrected chi connectivity index (χ0v) is 36.4. The third kappa shape index (κ3) is 37.5. The Labute approximate surface area is 336 Å². The maximum atomic E-state index is 13.1. The maximum absolute atomic E-state index is 13.1. The van der Waals surface area contributed by atoms with Crippen LogP contribution >= 0.6 is 0 Å². The molecule has 0 aliphatic heterocycles. The minimum absolute atomic E-state index is 0.0780. The Kier molecular flexibility index (Phi) is 41.6. The van der Waals surface area contributed by atoms with Crippen LogP contribution in [0.4, 0.5) is 0 Å². The number of ether oxygens (including phenoxy) is 1. The van der Waals surface area contributed by atoms with Crippen molar-refractivity contribution in [2.45, 2.75) is 277 Å². The van der Waals surface area contributed by atoms with Crippen molar-refractivity contribution >= 4 is 11.9 Å². The number of allylic oxidation sites excluding steroid dienone is 2. The van der Waals surface area contributed by atoms with E-state index in [0.717, 1.165) is 51.4 Å². The molecule has 0 aliphatic carbocycles. The number of nitrogens with one attached hydrogen (secondary N) is 1. The lowest BCUT2D eigenvalue weighted by Gasteiger charge is -2.24. The fourth-order valence-electron chi connectivity index (χ4n) is 7.43. The summed E-state index contributed by atoms with van der Waals surface area (Å²) in [5.74, 6) is -0.481. The number of rotatable bonds is 43. The van der Waals surface area contributed by atoms with Crippen LogP contribution in [-0.4, -0.2) is 46.9 Å². The van der Waals surface area contributed by atoms with E-state index in [4.69, 9.17) is 4.74 Å². The van der Waals surface area contributed by atoms with Gasteiger partial charge in [-0.3, -0.25) is 9.59 Å². The highest BCUT2D eigenvalue weighted by Crippen LogP contribution is 2.18. The van der Waals surface area contributed by atoms with Crippen molar-refractivity contribution < 1.29 is 24.5 Å². The Bertz CT molecular complexity index is 817. The van der Waals surface area contributed by atoms with Gasteiger partial charge in [-0.25, -0.2) is 0 Å². The zero-order valence-electron chi connectivity index (χ0n) is 36.4. The van der Waals surface area contributed by atoms with Gasteiger partial charge in [0.25, 0.3) is 0 Å². The van der Waals surface area contributed by atoms with Crippen LogP contribution in [0, 0.1) is 0 Å². The topological polar surface area (TPSA) is 95.9 Å². The van der Waals surface area contributed by atoms with Crippen molar-refractivity contribution in [3.63, 3.8) is 0 Å². The van der Waals surface area contributed by atoms with Gasteiger partial charge >= 0.3 is 5.97 Å². The standard InChI is InChI=1S/C48H93NO5/c1-4-7-10-13-16-19-22-24-26-29-32-35-38-41-48(53)54-44(39-36-33-30-27-25-23-20-17-14-11-8-5-2)42-47(52)49-45(43-50)46(51)40-37-34-31-28-21-18-15-12-9-6-3/h24,26,44-46,50-51H,4-23,25,27-43H2,1-3H3,(H,49,52)/b26-24-. The Balaban J connectivity index is 4.58. The van der Waals surface area contributed by atoms with Gasteiger partial charge in [0.1, 0.15) is 6.10 Å².